The Hall–Kier alpha value is -2.70. The maximum absolute atomic E-state index is 11.9. The number of ketones is 1. The lowest BCUT2D eigenvalue weighted by Gasteiger charge is -2.00. The highest BCUT2D eigenvalue weighted by atomic mass is 16.6. The molecule has 0 aliphatic heterocycles. The molecule has 7 nitrogen and oxygen atoms in total. The number of fused-ring (bicyclic) bond motifs is 1. The van der Waals surface area contributed by atoms with Gasteiger partial charge in [-0.05, 0) is 13.0 Å². The van der Waals surface area contributed by atoms with Crippen molar-refractivity contribution in [3.8, 4) is 0 Å². The summed E-state index contributed by atoms with van der Waals surface area (Å²) in [6.45, 7) is 1.64. The fourth-order valence-electron chi connectivity index (χ4n) is 1.80. The number of aromatic amines is 1. The van der Waals surface area contributed by atoms with E-state index in [-0.39, 0.29) is 23.2 Å². The summed E-state index contributed by atoms with van der Waals surface area (Å²) >= 11 is 0. The zero-order valence-electron chi connectivity index (χ0n) is 10.0. The normalized spacial score (nSPS) is 10.4. The maximum Gasteiger partial charge on any atom is 0.379 e. The third-order valence-corrected chi connectivity index (χ3v) is 2.59. The van der Waals surface area contributed by atoms with Crippen molar-refractivity contribution in [2.75, 3.05) is 6.61 Å². The Labute approximate surface area is 107 Å². The number of carbonyl (C=O) groups excluding carboxylic acids is 2. The van der Waals surface area contributed by atoms with E-state index < -0.39 is 16.7 Å². The molecule has 7 heteroatoms. The Morgan fingerprint density at radius 2 is 2.16 bits per heavy atom. The number of hydrogen-bond donors (Lipinski definition) is 1. The average molecular weight is 262 g/mol. The van der Waals surface area contributed by atoms with Crippen molar-refractivity contribution >= 4 is 28.3 Å². The number of aromatic nitrogens is 1. The molecule has 0 atom stereocenters. The number of nitro groups is 1. The van der Waals surface area contributed by atoms with Gasteiger partial charge in [0.05, 0.1) is 28.0 Å². The minimum Gasteiger partial charge on any atom is -0.460 e. The average Bonchev–Trinajstić information content (AvgIpc) is 2.81. The third-order valence-electron chi connectivity index (χ3n) is 2.59. The third kappa shape index (κ3) is 2.17. The van der Waals surface area contributed by atoms with Crippen molar-refractivity contribution in [1.82, 2.24) is 4.98 Å². The molecule has 2 rings (SSSR count). The summed E-state index contributed by atoms with van der Waals surface area (Å²) in [4.78, 5) is 36.4. The van der Waals surface area contributed by atoms with Crippen molar-refractivity contribution in [1.29, 1.82) is 0 Å². The van der Waals surface area contributed by atoms with Crippen LogP contribution < -0.4 is 0 Å². The van der Waals surface area contributed by atoms with Crippen LogP contribution in [0.2, 0.25) is 0 Å². The van der Waals surface area contributed by atoms with Crippen LogP contribution in [0.5, 0.6) is 0 Å². The molecule has 0 saturated carbocycles. The number of carbonyl (C=O) groups is 2. The zero-order chi connectivity index (χ0) is 14.0. The second-order valence-corrected chi connectivity index (χ2v) is 3.71. The molecule has 1 aromatic heterocycles. The van der Waals surface area contributed by atoms with Crippen LogP contribution in [0.15, 0.2) is 24.4 Å². The molecule has 1 aromatic carbocycles. The first kappa shape index (κ1) is 12.7. The molecular weight excluding hydrogens is 252 g/mol. The number of non-ortho nitro benzene ring substituents is 1. The first-order valence-electron chi connectivity index (χ1n) is 5.52. The summed E-state index contributed by atoms with van der Waals surface area (Å²) in [5.74, 6) is -1.93. The topological polar surface area (TPSA) is 102 Å². The molecule has 0 saturated heterocycles. The van der Waals surface area contributed by atoms with E-state index in [9.17, 15) is 19.7 Å². The lowest BCUT2D eigenvalue weighted by Crippen LogP contribution is -2.17. The molecule has 1 heterocycles. The highest BCUT2D eigenvalue weighted by Crippen LogP contribution is 2.28. The molecule has 0 amide bonds. The van der Waals surface area contributed by atoms with Gasteiger partial charge in [-0.2, -0.15) is 0 Å². The van der Waals surface area contributed by atoms with Crippen LogP contribution in [0.1, 0.15) is 17.3 Å². The second-order valence-electron chi connectivity index (χ2n) is 3.71. The molecule has 19 heavy (non-hydrogen) atoms. The van der Waals surface area contributed by atoms with Crippen molar-refractivity contribution in [3.63, 3.8) is 0 Å². The quantitative estimate of drug-likeness (QED) is 0.297. The minimum atomic E-state index is -1.03. The highest BCUT2D eigenvalue weighted by molar-refractivity contribution is 6.43. The Morgan fingerprint density at radius 1 is 1.42 bits per heavy atom. The predicted molar refractivity (Wildman–Crippen MR) is 65.9 cm³/mol. The van der Waals surface area contributed by atoms with E-state index in [1.54, 1.807) is 13.0 Å². The van der Waals surface area contributed by atoms with E-state index in [1.165, 1.54) is 18.3 Å². The van der Waals surface area contributed by atoms with Crippen molar-refractivity contribution in [2.45, 2.75) is 6.92 Å². The fourth-order valence-corrected chi connectivity index (χ4v) is 1.80. The molecular formula is C12H10N2O5. The van der Waals surface area contributed by atoms with Gasteiger partial charge in [0.1, 0.15) is 0 Å². The van der Waals surface area contributed by atoms with Gasteiger partial charge < -0.3 is 9.72 Å². The molecule has 1 N–H and O–H groups in total. The van der Waals surface area contributed by atoms with E-state index in [1.807, 2.05) is 0 Å². The molecule has 2 aromatic rings. The van der Waals surface area contributed by atoms with Gasteiger partial charge in [-0.3, -0.25) is 14.9 Å². The van der Waals surface area contributed by atoms with Gasteiger partial charge in [0, 0.05) is 12.3 Å². The number of esters is 1. The van der Waals surface area contributed by atoms with E-state index in [0.717, 1.165) is 0 Å². The Balaban J connectivity index is 2.59. The molecule has 0 radical (unpaired) electrons. The number of H-pyrrole nitrogens is 1. The summed E-state index contributed by atoms with van der Waals surface area (Å²) in [6.07, 6.45) is 1.27. The summed E-state index contributed by atoms with van der Waals surface area (Å²) in [7, 11) is 0. The Morgan fingerprint density at radius 3 is 2.79 bits per heavy atom. The van der Waals surface area contributed by atoms with Gasteiger partial charge in [0.25, 0.3) is 11.5 Å². The largest absolute Gasteiger partial charge is 0.460 e. The van der Waals surface area contributed by atoms with Crippen LogP contribution in [0, 0.1) is 10.1 Å². The molecule has 0 aliphatic rings. The van der Waals surface area contributed by atoms with Crippen LogP contribution in [-0.4, -0.2) is 28.3 Å². The van der Waals surface area contributed by atoms with Gasteiger partial charge in [-0.25, -0.2) is 4.79 Å². The summed E-state index contributed by atoms with van der Waals surface area (Å²) in [5.41, 5.74) is 0.133. The van der Waals surface area contributed by atoms with E-state index in [2.05, 4.69) is 9.72 Å². The first-order chi connectivity index (χ1) is 9.06. The number of hydrogen-bond acceptors (Lipinski definition) is 5. The SMILES string of the molecule is CCOC(=O)C(=O)c1c[nH]c2cccc([N+](=O)[O-])c12. The van der Waals surface area contributed by atoms with Crippen molar-refractivity contribution in [3.05, 3.63) is 40.1 Å². The first-order valence-corrected chi connectivity index (χ1v) is 5.52. The monoisotopic (exact) mass is 262 g/mol. The van der Waals surface area contributed by atoms with E-state index >= 15 is 0 Å². The van der Waals surface area contributed by atoms with Crippen LogP contribution in [0.3, 0.4) is 0 Å². The Bertz CT molecular complexity index is 674. The molecule has 98 valence electrons. The smallest absolute Gasteiger partial charge is 0.379 e. The number of ether oxygens (including phenoxy) is 1. The lowest BCUT2D eigenvalue weighted by atomic mass is 10.1. The van der Waals surface area contributed by atoms with Gasteiger partial charge in [0.2, 0.25) is 0 Å². The van der Waals surface area contributed by atoms with Crippen LogP contribution in [-0.2, 0) is 9.53 Å². The van der Waals surface area contributed by atoms with Crippen LogP contribution in [0.25, 0.3) is 10.9 Å². The number of nitrogens with one attached hydrogen (secondary N) is 1. The zero-order valence-corrected chi connectivity index (χ0v) is 10.0. The van der Waals surface area contributed by atoms with E-state index in [4.69, 9.17) is 0 Å². The number of nitro benzene ring substituents is 1. The molecule has 0 bridgehead atoms. The van der Waals surface area contributed by atoms with Crippen molar-refractivity contribution in [2.24, 2.45) is 0 Å². The number of nitrogens with zero attached hydrogens (tertiary/aromatic N) is 1. The van der Waals surface area contributed by atoms with Gasteiger partial charge >= 0.3 is 5.97 Å². The summed E-state index contributed by atoms with van der Waals surface area (Å²) in [5, 5.41) is 11.1. The number of benzene rings is 1. The maximum atomic E-state index is 11.9. The van der Waals surface area contributed by atoms with Crippen molar-refractivity contribution < 1.29 is 19.2 Å². The molecule has 0 unspecified atom stereocenters. The minimum absolute atomic E-state index is 0.0549. The summed E-state index contributed by atoms with van der Waals surface area (Å²) in [6, 6.07) is 4.36. The van der Waals surface area contributed by atoms with Crippen LogP contribution in [0.4, 0.5) is 5.69 Å². The number of rotatable bonds is 4. The number of Topliss-reactive ketones (excluding diaryl/α,β-unsaturated/α-hetero) is 1. The van der Waals surface area contributed by atoms with Gasteiger partial charge in [-0.15, -0.1) is 0 Å². The van der Waals surface area contributed by atoms with Crippen LogP contribution >= 0.6 is 0 Å². The molecule has 0 spiro atoms. The standard InChI is InChI=1S/C12H10N2O5/c1-2-19-12(16)11(15)7-6-13-8-4-3-5-9(10(7)8)14(17)18/h3-6,13H,2H2,1H3. The lowest BCUT2D eigenvalue weighted by molar-refractivity contribution is -0.383. The Kier molecular flexibility index (Phi) is 3.28. The molecule has 0 aliphatic carbocycles. The van der Waals surface area contributed by atoms with Gasteiger partial charge in [-0.1, -0.05) is 6.07 Å². The van der Waals surface area contributed by atoms with Gasteiger partial charge in [0.15, 0.2) is 0 Å². The molecule has 0 fully saturated rings. The van der Waals surface area contributed by atoms with E-state index in [0.29, 0.717) is 5.52 Å². The fraction of sp³-hybridized carbons (Fsp3) is 0.167. The second kappa shape index (κ2) is 4.89. The summed E-state index contributed by atoms with van der Waals surface area (Å²) < 4.78 is 4.60. The predicted octanol–water partition coefficient (Wildman–Crippen LogP) is 1.82. The highest BCUT2D eigenvalue weighted by Gasteiger charge is 2.25.